The van der Waals surface area contributed by atoms with Crippen LogP contribution >= 0.6 is 0 Å². The van der Waals surface area contributed by atoms with Crippen LogP contribution in [0.15, 0.2) is 11.6 Å². The highest BCUT2D eigenvalue weighted by Gasteiger charge is 2.26. The molecule has 1 fully saturated rings. The maximum Gasteiger partial charge on any atom is 0.237 e. The van der Waals surface area contributed by atoms with Crippen LogP contribution in [0.3, 0.4) is 0 Å². The van der Waals surface area contributed by atoms with Gasteiger partial charge in [-0.05, 0) is 33.2 Å². The zero-order valence-electron chi connectivity index (χ0n) is 11.7. The van der Waals surface area contributed by atoms with Gasteiger partial charge in [-0.1, -0.05) is 18.6 Å². The average Bonchev–Trinajstić information content (AvgIpc) is 2.76. The first kappa shape index (κ1) is 14.9. The van der Waals surface area contributed by atoms with Gasteiger partial charge >= 0.3 is 0 Å². The molecular formula is C14H24N2O2. The van der Waals surface area contributed by atoms with Gasteiger partial charge in [0.05, 0.1) is 12.6 Å². The number of Topliss-reactive ketones (excluding diaryl/α,β-unsaturated/α-hetero) is 1. The fourth-order valence-corrected chi connectivity index (χ4v) is 2.42. The summed E-state index contributed by atoms with van der Waals surface area (Å²) in [6.07, 6.45) is 5.58. The Kier molecular flexibility index (Phi) is 6.05. The molecular weight excluding hydrogens is 228 g/mol. The molecule has 18 heavy (non-hydrogen) atoms. The molecule has 0 bridgehead atoms. The van der Waals surface area contributed by atoms with Crippen molar-refractivity contribution in [3.8, 4) is 0 Å². The molecule has 0 aliphatic carbocycles. The summed E-state index contributed by atoms with van der Waals surface area (Å²) in [5.74, 6) is 0.337. The van der Waals surface area contributed by atoms with E-state index in [1.807, 2.05) is 4.90 Å². The van der Waals surface area contributed by atoms with Gasteiger partial charge in [-0.15, -0.1) is 0 Å². The maximum atomic E-state index is 11.9. The molecule has 0 unspecified atom stereocenters. The summed E-state index contributed by atoms with van der Waals surface area (Å²) >= 11 is 0. The number of allylic oxidation sites excluding steroid dienone is 1. The van der Waals surface area contributed by atoms with Crippen LogP contribution < -0.4 is 5.32 Å². The molecule has 4 nitrogen and oxygen atoms in total. The molecule has 102 valence electrons. The van der Waals surface area contributed by atoms with E-state index in [1.54, 1.807) is 14.0 Å². The van der Waals surface area contributed by atoms with Crippen molar-refractivity contribution in [1.82, 2.24) is 10.2 Å². The minimum Gasteiger partial charge on any atom is -0.335 e. The van der Waals surface area contributed by atoms with E-state index >= 15 is 0 Å². The Hall–Kier alpha value is -1.16. The first-order valence-corrected chi connectivity index (χ1v) is 6.71. The summed E-state index contributed by atoms with van der Waals surface area (Å²) < 4.78 is 0. The second-order valence-corrected chi connectivity index (χ2v) is 4.88. The number of likely N-dealkylation sites (N-methyl/N-ethyl adjacent to an activating group) is 1. The van der Waals surface area contributed by atoms with Gasteiger partial charge in [0.15, 0.2) is 0 Å². The summed E-state index contributed by atoms with van der Waals surface area (Å²) in [4.78, 5) is 25.0. The minimum absolute atomic E-state index is 0.148. The summed E-state index contributed by atoms with van der Waals surface area (Å²) in [5.41, 5.74) is 1.15. The zero-order valence-corrected chi connectivity index (χ0v) is 11.7. The average molecular weight is 252 g/mol. The second-order valence-electron chi connectivity index (χ2n) is 4.88. The molecule has 0 radical (unpaired) electrons. The molecule has 0 aromatic heterocycles. The zero-order chi connectivity index (χ0) is 13.5. The number of hydrogen-bond acceptors (Lipinski definition) is 3. The normalized spacial score (nSPS) is 20.3. The van der Waals surface area contributed by atoms with Crippen molar-refractivity contribution in [2.75, 3.05) is 20.1 Å². The van der Waals surface area contributed by atoms with Crippen molar-refractivity contribution < 1.29 is 9.59 Å². The number of ketones is 1. The maximum absolute atomic E-state index is 11.9. The van der Waals surface area contributed by atoms with Crippen molar-refractivity contribution >= 4 is 11.7 Å². The number of carbonyl (C=O) groups excluding carboxylic acids is 2. The second kappa shape index (κ2) is 7.31. The van der Waals surface area contributed by atoms with Crippen LogP contribution in [0.2, 0.25) is 0 Å². The lowest BCUT2D eigenvalue weighted by atomic mass is 10.0. The quantitative estimate of drug-likeness (QED) is 0.729. The first-order chi connectivity index (χ1) is 8.58. The van der Waals surface area contributed by atoms with E-state index in [9.17, 15) is 9.59 Å². The standard InChI is InChI=1S/C14H24N2O2/c1-4-12(8-11(2)17)9-13-6-5-7-16(13)14(18)10-15-3/h9,13,15H,4-8,10H2,1-3H3/b12-9+/t13-/m0/s1. The number of hydrogen-bond donors (Lipinski definition) is 1. The molecule has 1 N–H and O–H groups in total. The Morgan fingerprint density at radius 1 is 1.44 bits per heavy atom. The van der Waals surface area contributed by atoms with Crippen molar-refractivity contribution in [2.45, 2.75) is 45.6 Å². The van der Waals surface area contributed by atoms with Crippen LogP contribution in [-0.2, 0) is 9.59 Å². The van der Waals surface area contributed by atoms with Crippen LogP contribution in [-0.4, -0.2) is 42.8 Å². The molecule has 1 saturated heterocycles. The van der Waals surface area contributed by atoms with Crippen LogP contribution in [0.25, 0.3) is 0 Å². The van der Waals surface area contributed by atoms with Crippen LogP contribution in [0, 0.1) is 0 Å². The number of likely N-dealkylation sites (tertiary alicyclic amines) is 1. The van der Waals surface area contributed by atoms with Gasteiger partial charge in [-0.3, -0.25) is 9.59 Å². The van der Waals surface area contributed by atoms with E-state index in [1.165, 1.54) is 0 Å². The summed E-state index contributed by atoms with van der Waals surface area (Å²) in [6.45, 7) is 4.89. The van der Waals surface area contributed by atoms with E-state index in [2.05, 4.69) is 18.3 Å². The van der Waals surface area contributed by atoms with Crippen molar-refractivity contribution in [2.24, 2.45) is 0 Å². The molecule has 1 atom stereocenters. The van der Waals surface area contributed by atoms with E-state index in [-0.39, 0.29) is 17.7 Å². The van der Waals surface area contributed by atoms with Crippen molar-refractivity contribution in [1.29, 1.82) is 0 Å². The van der Waals surface area contributed by atoms with Gasteiger partial charge in [-0.25, -0.2) is 0 Å². The van der Waals surface area contributed by atoms with Gasteiger partial charge in [0.1, 0.15) is 5.78 Å². The smallest absolute Gasteiger partial charge is 0.237 e. The third kappa shape index (κ3) is 4.26. The van der Waals surface area contributed by atoms with Crippen molar-refractivity contribution in [3.63, 3.8) is 0 Å². The van der Waals surface area contributed by atoms with Gasteiger partial charge in [-0.2, -0.15) is 0 Å². The Morgan fingerprint density at radius 3 is 2.72 bits per heavy atom. The first-order valence-electron chi connectivity index (χ1n) is 6.71. The van der Waals surface area contributed by atoms with E-state index in [0.717, 1.165) is 31.4 Å². The minimum atomic E-state index is 0.148. The molecule has 1 aliphatic heterocycles. The molecule has 1 amide bonds. The summed E-state index contributed by atoms with van der Waals surface area (Å²) in [6, 6.07) is 0.181. The monoisotopic (exact) mass is 252 g/mol. The predicted octanol–water partition coefficient (Wildman–Crippen LogP) is 1.51. The van der Waals surface area contributed by atoms with Gasteiger partial charge in [0, 0.05) is 13.0 Å². The number of carbonyl (C=O) groups is 2. The highest BCUT2D eigenvalue weighted by atomic mass is 16.2. The topological polar surface area (TPSA) is 49.4 Å². The Morgan fingerprint density at radius 2 is 2.17 bits per heavy atom. The number of nitrogens with zero attached hydrogens (tertiary/aromatic N) is 1. The van der Waals surface area contributed by atoms with Crippen LogP contribution in [0.5, 0.6) is 0 Å². The molecule has 1 rings (SSSR count). The molecule has 1 heterocycles. The fourth-order valence-electron chi connectivity index (χ4n) is 2.42. The molecule has 1 aliphatic rings. The van der Waals surface area contributed by atoms with Crippen LogP contribution in [0.4, 0.5) is 0 Å². The SMILES string of the molecule is CC/C(=C\[C@@H]1CCCN1C(=O)CNC)CC(C)=O. The van der Waals surface area contributed by atoms with Crippen molar-refractivity contribution in [3.05, 3.63) is 11.6 Å². The highest BCUT2D eigenvalue weighted by molar-refractivity contribution is 5.79. The van der Waals surface area contributed by atoms with Crippen LogP contribution in [0.1, 0.15) is 39.5 Å². The van der Waals surface area contributed by atoms with E-state index in [0.29, 0.717) is 13.0 Å². The molecule has 0 aromatic carbocycles. The third-order valence-electron chi connectivity index (χ3n) is 3.31. The number of amides is 1. The van der Waals surface area contributed by atoms with E-state index in [4.69, 9.17) is 0 Å². The Bertz CT molecular complexity index is 337. The lowest BCUT2D eigenvalue weighted by Crippen LogP contribution is -2.39. The summed E-state index contributed by atoms with van der Waals surface area (Å²) in [7, 11) is 1.78. The summed E-state index contributed by atoms with van der Waals surface area (Å²) in [5, 5.41) is 2.90. The van der Waals surface area contributed by atoms with Gasteiger partial charge in [0.25, 0.3) is 0 Å². The fraction of sp³-hybridized carbons (Fsp3) is 0.714. The Labute approximate surface area is 109 Å². The largest absolute Gasteiger partial charge is 0.335 e. The molecule has 0 aromatic rings. The third-order valence-corrected chi connectivity index (χ3v) is 3.31. The molecule has 4 heteroatoms. The van der Waals surface area contributed by atoms with Gasteiger partial charge in [0.2, 0.25) is 5.91 Å². The highest BCUT2D eigenvalue weighted by Crippen LogP contribution is 2.21. The molecule has 0 saturated carbocycles. The Balaban J connectivity index is 2.70. The number of rotatable bonds is 6. The lowest BCUT2D eigenvalue weighted by Gasteiger charge is -2.23. The lowest BCUT2D eigenvalue weighted by molar-refractivity contribution is -0.130. The van der Waals surface area contributed by atoms with Gasteiger partial charge < -0.3 is 10.2 Å². The predicted molar refractivity (Wildman–Crippen MR) is 72.3 cm³/mol. The number of nitrogens with one attached hydrogen (secondary N) is 1. The van der Waals surface area contributed by atoms with E-state index < -0.39 is 0 Å². The molecule has 0 spiro atoms.